The summed E-state index contributed by atoms with van der Waals surface area (Å²) in [6, 6.07) is 7.08. The number of carboxylic acid groups (broad SMARTS) is 1. The van der Waals surface area contributed by atoms with Crippen LogP contribution in [0.1, 0.15) is 28.8 Å². The zero-order chi connectivity index (χ0) is 10.4. The zero-order valence-corrected chi connectivity index (χ0v) is 8.07. The van der Waals surface area contributed by atoms with Crippen LogP contribution in [0.4, 0.5) is 0 Å². The standard InChI is InChI=1S/C12H14O2.Na.H/c1-2-3-4-6-10-7-5-8-11(9-10)12(13)14;;/h2,5,7-9H,1,3-4,6H2,(H,13,14);;. The summed E-state index contributed by atoms with van der Waals surface area (Å²) in [5.41, 5.74) is 1.44. The van der Waals surface area contributed by atoms with Gasteiger partial charge in [-0.05, 0) is 37.0 Å². The number of benzene rings is 1. The molecule has 0 amide bonds. The molecule has 0 atom stereocenters. The molecule has 1 N–H and O–H groups in total. The molecule has 1 aromatic carbocycles. The average Bonchev–Trinajstić information content (AvgIpc) is 2.19. The zero-order valence-electron chi connectivity index (χ0n) is 8.07. The molecule has 0 bridgehead atoms. The van der Waals surface area contributed by atoms with Gasteiger partial charge in [-0.2, -0.15) is 0 Å². The van der Waals surface area contributed by atoms with Crippen molar-refractivity contribution in [3.8, 4) is 0 Å². The summed E-state index contributed by atoms with van der Waals surface area (Å²) in [5.74, 6) is -0.865. The number of hydrogen-bond acceptors (Lipinski definition) is 1. The van der Waals surface area contributed by atoms with E-state index in [1.54, 1.807) is 18.2 Å². The van der Waals surface area contributed by atoms with E-state index in [1.807, 2.05) is 12.1 Å². The molecular formula is C12H15NaO2. The van der Waals surface area contributed by atoms with Crippen LogP contribution in [0.15, 0.2) is 36.9 Å². The molecule has 0 saturated carbocycles. The Labute approximate surface area is 112 Å². The molecule has 0 fully saturated rings. The maximum atomic E-state index is 10.7. The van der Waals surface area contributed by atoms with Crippen LogP contribution in [0.5, 0.6) is 0 Å². The van der Waals surface area contributed by atoms with Crippen LogP contribution in [0.3, 0.4) is 0 Å². The molecule has 1 rings (SSSR count). The van der Waals surface area contributed by atoms with Gasteiger partial charge in [-0.1, -0.05) is 18.2 Å². The van der Waals surface area contributed by atoms with Gasteiger partial charge < -0.3 is 5.11 Å². The first-order valence-corrected chi connectivity index (χ1v) is 4.67. The van der Waals surface area contributed by atoms with Crippen molar-refractivity contribution in [2.45, 2.75) is 19.3 Å². The molecule has 76 valence electrons. The molecule has 15 heavy (non-hydrogen) atoms. The molecule has 0 aromatic heterocycles. The Bertz CT molecular complexity index is 334. The van der Waals surface area contributed by atoms with Crippen LogP contribution in [-0.2, 0) is 6.42 Å². The van der Waals surface area contributed by atoms with Gasteiger partial charge in [-0.25, -0.2) is 4.79 Å². The van der Waals surface area contributed by atoms with Crippen molar-refractivity contribution in [2.75, 3.05) is 0 Å². The second-order valence-electron chi connectivity index (χ2n) is 3.19. The van der Waals surface area contributed by atoms with Crippen LogP contribution in [0.25, 0.3) is 0 Å². The fourth-order valence-corrected chi connectivity index (χ4v) is 1.31. The molecule has 0 unspecified atom stereocenters. The number of aryl methyl sites for hydroxylation is 1. The number of rotatable bonds is 5. The Morgan fingerprint density at radius 3 is 2.80 bits per heavy atom. The predicted octanol–water partition coefficient (Wildman–Crippen LogP) is 2.24. The number of allylic oxidation sites excluding steroid dienone is 1. The van der Waals surface area contributed by atoms with Gasteiger partial charge in [0.05, 0.1) is 5.56 Å². The first kappa shape index (κ1) is 14.4. The van der Waals surface area contributed by atoms with Gasteiger partial charge in [0.2, 0.25) is 0 Å². The van der Waals surface area contributed by atoms with E-state index in [-0.39, 0.29) is 29.6 Å². The van der Waals surface area contributed by atoms with Crippen LogP contribution in [0, 0.1) is 0 Å². The molecule has 0 aliphatic rings. The fraction of sp³-hybridized carbons (Fsp3) is 0.250. The minimum absolute atomic E-state index is 0. The van der Waals surface area contributed by atoms with Gasteiger partial charge in [0.1, 0.15) is 0 Å². The van der Waals surface area contributed by atoms with Crippen molar-refractivity contribution < 1.29 is 9.90 Å². The molecule has 0 radical (unpaired) electrons. The van der Waals surface area contributed by atoms with Crippen LogP contribution in [-0.4, -0.2) is 40.6 Å². The molecule has 0 aliphatic heterocycles. The monoisotopic (exact) mass is 214 g/mol. The van der Waals surface area contributed by atoms with Gasteiger partial charge in [0, 0.05) is 0 Å². The van der Waals surface area contributed by atoms with Gasteiger partial charge in [-0.3, -0.25) is 0 Å². The van der Waals surface area contributed by atoms with Crippen LogP contribution < -0.4 is 0 Å². The third kappa shape index (κ3) is 5.17. The third-order valence-electron chi connectivity index (χ3n) is 2.05. The third-order valence-corrected chi connectivity index (χ3v) is 2.05. The molecule has 0 aliphatic carbocycles. The summed E-state index contributed by atoms with van der Waals surface area (Å²) in [5, 5.41) is 8.76. The van der Waals surface area contributed by atoms with Crippen LogP contribution >= 0.6 is 0 Å². The fourth-order valence-electron chi connectivity index (χ4n) is 1.31. The Balaban J connectivity index is 0.00000196. The van der Waals surface area contributed by atoms with Gasteiger partial charge >= 0.3 is 35.5 Å². The number of hydrogen-bond donors (Lipinski definition) is 1. The minimum atomic E-state index is -0.865. The Hall–Kier alpha value is -0.570. The van der Waals surface area contributed by atoms with Crippen molar-refractivity contribution in [2.24, 2.45) is 0 Å². The van der Waals surface area contributed by atoms with Crippen molar-refractivity contribution in [3.05, 3.63) is 48.0 Å². The van der Waals surface area contributed by atoms with E-state index in [1.165, 1.54) is 0 Å². The molecule has 0 saturated heterocycles. The Kier molecular flexibility index (Phi) is 7.39. The molecule has 3 heteroatoms. The molecule has 0 heterocycles. The SMILES string of the molecule is C=CCCCc1cccc(C(=O)O)c1.[NaH]. The van der Waals surface area contributed by atoms with E-state index < -0.39 is 5.97 Å². The van der Waals surface area contributed by atoms with E-state index in [0.29, 0.717) is 5.56 Å². The topological polar surface area (TPSA) is 37.3 Å². The Morgan fingerprint density at radius 2 is 2.20 bits per heavy atom. The van der Waals surface area contributed by atoms with E-state index in [9.17, 15) is 4.79 Å². The molecule has 0 spiro atoms. The summed E-state index contributed by atoms with van der Waals surface area (Å²) in [6.45, 7) is 3.64. The number of aromatic carboxylic acids is 1. The van der Waals surface area contributed by atoms with E-state index in [0.717, 1.165) is 24.8 Å². The van der Waals surface area contributed by atoms with E-state index >= 15 is 0 Å². The van der Waals surface area contributed by atoms with Crippen molar-refractivity contribution >= 4 is 35.5 Å². The number of carboxylic acids is 1. The summed E-state index contributed by atoms with van der Waals surface area (Å²) >= 11 is 0. The van der Waals surface area contributed by atoms with Gasteiger partial charge in [0.25, 0.3) is 0 Å². The summed E-state index contributed by atoms with van der Waals surface area (Å²) in [7, 11) is 0. The summed E-state index contributed by atoms with van der Waals surface area (Å²) in [4.78, 5) is 10.7. The normalized spacial score (nSPS) is 9.07. The van der Waals surface area contributed by atoms with Crippen molar-refractivity contribution in [1.82, 2.24) is 0 Å². The summed E-state index contributed by atoms with van der Waals surface area (Å²) in [6.07, 6.45) is 4.78. The second-order valence-corrected chi connectivity index (χ2v) is 3.19. The van der Waals surface area contributed by atoms with Crippen molar-refractivity contribution in [3.63, 3.8) is 0 Å². The van der Waals surface area contributed by atoms with Crippen LogP contribution in [0.2, 0.25) is 0 Å². The van der Waals surface area contributed by atoms with Crippen molar-refractivity contribution in [1.29, 1.82) is 0 Å². The van der Waals surface area contributed by atoms with Gasteiger partial charge in [-0.15, -0.1) is 6.58 Å². The first-order chi connectivity index (χ1) is 6.74. The maximum absolute atomic E-state index is 10.7. The molecule has 2 nitrogen and oxygen atoms in total. The van der Waals surface area contributed by atoms with E-state index in [2.05, 4.69) is 6.58 Å². The average molecular weight is 214 g/mol. The first-order valence-electron chi connectivity index (χ1n) is 4.67. The summed E-state index contributed by atoms with van der Waals surface area (Å²) < 4.78 is 0. The number of unbranched alkanes of at least 4 members (excludes halogenated alkanes) is 1. The number of carbonyl (C=O) groups is 1. The Morgan fingerprint density at radius 1 is 1.47 bits per heavy atom. The van der Waals surface area contributed by atoms with E-state index in [4.69, 9.17) is 5.11 Å². The quantitative estimate of drug-likeness (QED) is 0.463. The van der Waals surface area contributed by atoms with Gasteiger partial charge in [0.15, 0.2) is 0 Å². The second kappa shape index (κ2) is 7.69. The molecule has 1 aromatic rings. The molecular weight excluding hydrogens is 199 g/mol. The predicted molar refractivity (Wildman–Crippen MR) is 63.7 cm³/mol.